The van der Waals surface area contributed by atoms with Crippen LogP contribution in [0.15, 0.2) is 109 Å². The van der Waals surface area contributed by atoms with Gasteiger partial charge in [-0.25, -0.2) is 0 Å². The molecule has 0 aliphatic carbocycles. The summed E-state index contributed by atoms with van der Waals surface area (Å²) in [6, 6.07) is 38.7. The fraction of sp³-hybridized carbons (Fsp3) is 0.0714. The molecule has 0 heterocycles. The van der Waals surface area contributed by atoms with Gasteiger partial charge in [0.1, 0.15) is 0 Å². The molecule has 0 amide bonds. The van der Waals surface area contributed by atoms with E-state index in [-0.39, 0.29) is 0 Å². The molecule has 0 fully saturated rings. The highest BCUT2D eigenvalue weighted by molar-refractivity contribution is 5.73. The van der Waals surface area contributed by atoms with Crippen LogP contribution in [0.25, 0.3) is 12.2 Å². The zero-order valence-corrected chi connectivity index (χ0v) is 16.0. The van der Waals surface area contributed by atoms with E-state index in [0.717, 1.165) is 12.8 Å². The molecule has 0 heteroatoms. The van der Waals surface area contributed by atoms with E-state index in [9.17, 15) is 0 Å². The van der Waals surface area contributed by atoms with Crippen LogP contribution >= 0.6 is 0 Å². The van der Waals surface area contributed by atoms with Crippen LogP contribution in [0.3, 0.4) is 0 Å². The Balaban J connectivity index is 1.59. The van der Waals surface area contributed by atoms with Gasteiger partial charge in [0.2, 0.25) is 0 Å². The average Bonchev–Trinajstić information content (AvgIpc) is 2.76. The summed E-state index contributed by atoms with van der Waals surface area (Å²) < 4.78 is 0. The van der Waals surface area contributed by atoms with Gasteiger partial charge in [0.15, 0.2) is 0 Å². The van der Waals surface area contributed by atoms with Crippen molar-refractivity contribution in [2.45, 2.75) is 12.8 Å². The van der Waals surface area contributed by atoms with Crippen LogP contribution in [-0.4, -0.2) is 0 Å². The third-order valence-corrected chi connectivity index (χ3v) is 5.03. The van der Waals surface area contributed by atoms with Gasteiger partial charge in [0, 0.05) is 0 Å². The Hall–Kier alpha value is -3.38. The molecule has 4 aromatic rings. The fourth-order valence-electron chi connectivity index (χ4n) is 3.53. The highest BCUT2D eigenvalue weighted by Gasteiger charge is 2.03. The van der Waals surface area contributed by atoms with Crippen molar-refractivity contribution in [2.75, 3.05) is 0 Å². The van der Waals surface area contributed by atoms with Crippen molar-refractivity contribution in [3.8, 4) is 0 Å². The molecule has 0 saturated heterocycles. The van der Waals surface area contributed by atoms with E-state index in [1.54, 1.807) is 0 Å². The van der Waals surface area contributed by atoms with Gasteiger partial charge in [0.05, 0.1) is 0 Å². The summed E-state index contributed by atoms with van der Waals surface area (Å²) in [4.78, 5) is 0. The summed E-state index contributed by atoms with van der Waals surface area (Å²) >= 11 is 0. The van der Waals surface area contributed by atoms with Crippen molar-refractivity contribution >= 4 is 12.2 Å². The largest absolute Gasteiger partial charge is 0.0622 e. The van der Waals surface area contributed by atoms with Gasteiger partial charge in [-0.15, -0.1) is 0 Å². The Morgan fingerprint density at radius 1 is 0.393 bits per heavy atom. The molecule has 0 nitrogen and oxygen atoms in total. The summed E-state index contributed by atoms with van der Waals surface area (Å²) in [5, 5.41) is 0. The predicted octanol–water partition coefficient (Wildman–Crippen LogP) is 7.04. The lowest BCUT2D eigenvalue weighted by Gasteiger charge is -2.08. The molecule has 0 aliphatic rings. The lowest BCUT2D eigenvalue weighted by Crippen LogP contribution is -1.92. The van der Waals surface area contributed by atoms with Gasteiger partial charge in [-0.1, -0.05) is 121 Å². The van der Waals surface area contributed by atoms with Gasteiger partial charge in [0.25, 0.3) is 0 Å². The molecule has 0 saturated carbocycles. The standard InChI is InChI=1S/C28H24/c1-3-11-23(12-4-1)21-27-17-9-7-15-25(27)19-20-26-16-8-10-18-28(26)22-24-13-5-2-6-14-24/h1-20H,21-22H2. The molecule has 0 atom stereocenters. The predicted molar refractivity (Wildman–Crippen MR) is 120 cm³/mol. The third-order valence-electron chi connectivity index (χ3n) is 5.03. The quantitative estimate of drug-likeness (QED) is 0.324. The normalized spacial score (nSPS) is 11.0. The Morgan fingerprint density at radius 3 is 1.18 bits per heavy atom. The molecular weight excluding hydrogens is 336 g/mol. The lowest BCUT2D eigenvalue weighted by molar-refractivity contribution is 1.18. The molecule has 0 bridgehead atoms. The number of rotatable bonds is 6. The molecule has 28 heavy (non-hydrogen) atoms. The van der Waals surface area contributed by atoms with Crippen molar-refractivity contribution in [3.63, 3.8) is 0 Å². The van der Waals surface area contributed by atoms with Crippen LogP contribution in [0.1, 0.15) is 33.4 Å². The summed E-state index contributed by atoms with van der Waals surface area (Å²) in [5.41, 5.74) is 7.94. The highest BCUT2D eigenvalue weighted by Crippen LogP contribution is 2.20. The summed E-state index contributed by atoms with van der Waals surface area (Å²) in [7, 11) is 0. The molecular formula is C28H24. The SMILES string of the molecule is C(=Cc1ccccc1Cc1ccccc1)c1ccccc1Cc1ccccc1. The molecule has 4 rings (SSSR count). The van der Waals surface area contributed by atoms with E-state index in [1.165, 1.54) is 33.4 Å². The van der Waals surface area contributed by atoms with E-state index in [1.807, 2.05) is 0 Å². The zero-order valence-electron chi connectivity index (χ0n) is 16.0. The molecule has 0 aromatic heterocycles. The summed E-state index contributed by atoms with van der Waals surface area (Å²) in [6.45, 7) is 0. The van der Waals surface area contributed by atoms with Crippen molar-refractivity contribution in [1.82, 2.24) is 0 Å². The maximum Gasteiger partial charge on any atom is -0.00198 e. The van der Waals surface area contributed by atoms with Crippen LogP contribution in [0, 0.1) is 0 Å². The first-order valence-corrected chi connectivity index (χ1v) is 9.80. The van der Waals surface area contributed by atoms with Crippen LogP contribution in [0.4, 0.5) is 0 Å². The van der Waals surface area contributed by atoms with Crippen LogP contribution in [0.5, 0.6) is 0 Å². The van der Waals surface area contributed by atoms with Crippen molar-refractivity contribution in [1.29, 1.82) is 0 Å². The first kappa shape index (κ1) is 18.0. The Bertz CT molecular complexity index is 956. The maximum atomic E-state index is 2.25. The second kappa shape index (κ2) is 9.01. The minimum Gasteiger partial charge on any atom is -0.0622 e. The smallest absolute Gasteiger partial charge is 0.00198 e. The monoisotopic (exact) mass is 360 g/mol. The highest BCUT2D eigenvalue weighted by atomic mass is 14.1. The van der Waals surface area contributed by atoms with E-state index in [4.69, 9.17) is 0 Å². The van der Waals surface area contributed by atoms with E-state index in [0.29, 0.717) is 0 Å². The van der Waals surface area contributed by atoms with E-state index < -0.39 is 0 Å². The Morgan fingerprint density at radius 2 is 0.750 bits per heavy atom. The number of hydrogen-bond donors (Lipinski definition) is 0. The van der Waals surface area contributed by atoms with Crippen molar-refractivity contribution < 1.29 is 0 Å². The second-order valence-electron chi connectivity index (χ2n) is 7.06. The molecule has 0 unspecified atom stereocenters. The molecule has 0 radical (unpaired) electrons. The van der Waals surface area contributed by atoms with Crippen LogP contribution < -0.4 is 0 Å². The van der Waals surface area contributed by atoms with Gasteiger partial charge in [-0.2, -0.15) is 0 Å². The topological polar surface area (TPSA) is 0 Å². The van der Waals surface area contributed by atoms with Gasteiger partial charge < -0.3 is 0 Å². The first-order valence-electron chi connectivity index (χ1n) is 9.80. The molecule has 0 spiro atoms. The Labute approximate surface area is 167 Å². The van der Waals surface area contributed by atoms with E-state index in [2.05, 4.69) is 121 Å². The summed E-state index contributed by atoms with van der Waals surface area (Å²) in [6.07, 6.45) is 6.41. The van der Waals surface area contributed by atoms with Crippen LogP contribution in [-0.2, 0) is 12.8 Å². The first-order chi connectivity index (χ1) is 13.9. The third kappa shape index (κ3) is 4.66. The zero-order chi connectivity index (χ0) is 19.0. The number of benzene rings is 4. The van der Waals surface area contributed by atoms with Gasteiger partial charge in [-0.05, 0) is 46.2 Å². The van der Waals surface area contributed by atoms with Crippen molar-refractivity contribution in [3.05, 3.63) is 143 Å². The molecule has 0 N–H and O–H groups in total. The molecule has 0 aliphatic heterocycles. The minimum atomic E-state index is 0.951. The minimum absolute atomic E-state index is 0.951. The van der Waals surface area contributed by atoms with Crippen molar-refractivity contribution in [2.24, 2.45) is 0 Å². The average molecular weight is 361 g/mol. The maximum absolute atomic E-state index is 2.25. The van der Waals surface area contributed by atoms with E-state index >= 15 is 0 Å². The lowest BCUT2D eigenvalue weighted by atomic mass is 9.97. The Kier molecular flexibility index (Phi) is 5.80. The molecule has 4 aromatic carbocycles. The van der Waals surface area contributed by atoms with Gasteiger partial charge >= 0.3 is 0 Å². The summed E-state index contributed by atoms with van der Waals surface area (Å²) in [5.74, 6) is 0. The molecule has 136 valence electrons. The fourth-order valence-corrected chi connectivity index (χ4v) is 3.53. The van der Waals surface area contributed by atoms with Crippen LogP contribution in [0.2, 0.25) is 0 Å². The second-order valence-corrected chi connectivity index (χ2v) is 7.06. The number of hydrogen-bond acceptors (Lipinski definition) is 0. The van der Waals surface area contributed by atoms with Gasteiger partial charge in [-0.3, -0.25) is 0 Å².